The van der Waals surface area contributed by atoms with Crippen LogP contribution < -0.4 is 0 Å². The molecule has 0 amide bonds. The van der Waals surface area contributed by atoms with E-state index in [0.29, 0.717) is 5.41 Å². The molecule has 5 atom stereocenters. The van der Waals surface area contributed by atoms with Crippen molar-refractivity contribution in [3.8, 4) is 0 Å². The lowest BCUT2D eigenvalue weighted by Crippen LogP contribution is -2.30. The molecule has 0 aromatic heterocycles. The minimum absolute atomic E-state index is 0.467. The first-order valence-electron chi connectivity index (χ1n) is 6.24. The second-order valence-electron chi connectivity index (χ2n) is 6.45. The van der Waals surface area contributed by atoms with Crippen LogP contribution in [0.5, 0.6) is 0 Å². The Hall–Kier alpha value is -0.260. The van der Waals surface area contributed by atoms with Crippen molar-refractivity contribution in [2.45, 2.75) is 46.0 Å². The van der Waals surface area contributed by atoms with Crippen molar-refractivity contribution in [3.05, 3.63) is 12.7 Å². The fourth-order valence-corrected chi connectivity index (χ4v) is 5.25. The molecular formula is C14H22. The molecule has 78 valence electrons. The van der Waals surface area contributed by atoms with Crippen LogP contribution in [0.25, 0.3) is 0 Å². The molecule has 0 saturated heterocycles. The van der Waals surface area contributed by atoms with E-state index in [4.69, 9.17) is 0 Å². The van der Waals surface area contributed by atoms with E-state index in [0.717, 1.165) is 23.2 Å². The summed E-state index contributed by atoms with van der Waals surface area (Å²) < 4.78 is 0. The van der Waals surface area contributed by atoms with Crippen LogP contribution in [0.3, 0.4) is 0 Å². The maximum Gasteiger partial charge on any atom is -0.0113 e. The van der Waals surface area contributed by atoms with Gasteiger partial charge in [0.25, 0.3) is 0 Å². The molecule has 0 radical (unpaired) electrons. The predicted molar refractivity (Wildman–Crippen MR) is 60.0 cm³/mol. The highest BCUT2D eigenvalue weighted by Gasteiger charge is 2.63. The van der Waals surface area contributed by atoms with E-state index >= 15 is 0 Å². The fraction of sp³-hybridized carbons (Fsp3) is 0.857. The van der Waals surface area contributed by atoms with Crippen molar-refractivity contribution in [3.63, 3.8) is 0 Å². The van der Waals surface area contributed by atoms with Crippen molar-refractivity contribution in [1.29, 1.82) is 0 Å². The normalized spacial score (nSPS) is 60.3. The third-order valence-electron chi connectivity index (χ3n) is 5.94. The Kier molecular flexibility index (Phi) is 1.58. The van der Waals surface area contributed by atoms with E-state index in [1.165, 1.54) is 25.7 Å². The molecule has 14 heavy (non-hydrogen) atoms. The first-order valence-corrected chi connectivity index (χ1v) is 6.24. The van der Waals surface area contributed by atoms with Crippen LogP contribution in [0.15, 0.2) is 12.7 Å². The Balaban J connectivity index is 2.03. The highest BCUT2D eigenvalue weighted by molar-refractivity contribution is 5.17. The lowest BCUT2D eigenvalue weighted by atomic mass is 9.67. The van der Waals surface area contributed by atoms with Crippen molar-refractivity contribution >= 4 is 0 Å². The van der Waals surface area contributed by atoms with Gasteiger partial charge in [-0.1, -0.05) is 19.9 Å². The van der Waals surface area contributed by atoms with E-state index in [-0.39, 0.29) is 0 Å². The number of hydrogen-bond acceptors (Lipinski definition) is 0. The number of hydrogen-bond donors (Lipinski definition) is 0. The van der Waals surface area contributed by atoms with Gasteiger partial charge in [-0.15, -0.1) is 6.58 Å². The topological polar surface area (TPSA) is 0 Å². The first-order chi connectivity index (χ1) is 6.61. The van der Waals surface area contributed by atoms with Gasteiger partial charge in [-0.2, -0.15) is 0 Å². The van der Waals surface area contributed by atoms with Gasteiger partial charge in [0.05, 0.1) is 0 Å². The van der Waals surface area contributed by atoms with Gasteiger partial charge in [0, 0.05) is 0 Å². The third-order valence-corrected chi connectivity index (χ3v) is 5.94. The van der Waals surface area contributed by atoms with Crippen molar-refractivity contribution in [1.82, 2.24) is 0 Å². The van der Waals surface area contributed by atoms with Crippen LogP contribution in [0.4, 0.5) is 0 Å². The van der Waals surface area contributed by atoms with Gasteiger partial charge in [-0.05, 0) is 60.7 Å². The number of fused-ring (bicyclic) bond motifs is 1. The average molecular weight is 190 g/mol. The van der Waals surface area contributed by atoms with Crippen molar-refractivity contribution in [2.75, 3.05) is 0 Å². The lowest BCUT2D eigenvalue weighted by molar-refractivity contribution is 0.135. The highest BCUT2D eigenvalue weighted by atomic mass is 14.7. The summed E-state index contributed by atoms with van der Waals surface area (Å²) in [6, 6.07) is 0. The second kappa shape index (κ2) is 2.46. The Morgan fingerprint density at radius 3 is 2.79 bits per heavy atom. The second-order valence-corrected chi connectivity index (χ2v) is 6.45. The van der Waals surface area contributed by atoms with E-state index in [9.17, 15) is 0 Å². The van der Waals surface area contributed by atoms with Gasteiger partial charge in [0.15, 0.2) is 0 Å². The molecule has 0 aliphatic heterocycles. The standard InChI is InChI=1S/C14H22/c1-4-13(3)8-10(2)14-6-5-11(9-14)7-12(13)14/h4,10-12H,1,5-9H2,2-3H3/t10?,11-,12?,13?,14?/m0/s1. The summed E-state index contributed by atoms with van der Waals surface area (Å²) in [6.07, 6.45) is 9.76. The zero-order valence-electron chi connectivity index (χ0n) is 9.55. The molecule has 0 aromatic carbocycles. The average Bonchev–Trinajstić information content (AvgIpc) is 2.79. The summed E-state index contributed by atoms with van der Waals surface area (Å²) in [5, 5.41) is 0. The molecule has 0 nitrogen and oxygen atoms in total. The van der Waals surface area contributed by atoms with E-state index in [1.54, 1.807) is 6.42 Å². The molecule has 0 heterocycles. The van der Waals surface area contributed by atoms with Crippen LogP contribution in [0.1, 0.15) is 46.0 Å². The summed E-state index contributed by atoms with van der Waals surface area (Å²) in [4.78, 5) is 0. The third kappa shape index (κ3) is 0.816. The highest BCUT2D eigenvalue weighted by Crippen LogP contribution is 2.72. The van der Waals surface area contributed by atoms with Crippen molar-refractivity contribution in [2.24, 2.45) is 28.6 Å². The van der Waals surface area contributed by atoms with Crippen LogP contribution in [-0.4, -0.2) is 0 Å². The Bertz CT molecular complexity index is 280. The molecule has 0 aromatic rings. The van der Waals surface area contributed by atoms with Gasteiger partial charge >= 0.3 is 0 Å². The molecule has 3 rings (SSSR count). The molecule has 3 saturated carbocycles. The van der Waals surface area contributed by atoms with E-state index < -0.39 is 0 Å². The summed E-state index contributed by atoms with van der Waals surface area (Å²) in [6.45, 7) is 9.04. The molecule has 3 fully saturated rings. The summed E-state index contributed by atoms with van der Waals surface area (Å²) >= 11 is 0. The number of rotatable bonds is 1. The first kappa shape index (κ1) is 9.00. The Morgan fingerprint density at radius 1 is 1.36 bits per heavy atom. The van der Waals surface area contributed by atoms with Gasteiger partial charge in [-0.3, -0.25) is 0 Å². The van der Waals surface area contributed by atoms with Gasteiger partial charge in [0.2, 0.25) is 0 Å². The Morgan fingerprint density at radius 2 is 2.14 bits per heavy atom. The molecule has 0 heteroatoms. The molecule has 4 unspecified atom stereocenters. The van der Waals surface area contributed by atoms with Crippen molar-refractivity contribution < 1.29 is 0 Å². The maximum atomic E-state index is 4.09. The Labute approximate surface area is 87.8 Å². The SMILES string of the molecule is C=CC1(C)CC(C)C23CC[C@@H](CC12)C3. The van der Waals surface area contributed by atoms with Gasteiger partial charge < -0.3 is 0 Å². The minimum atomic E-state index is 0.467. The van der Waals surface area contributed by atoms with E-state index in [2.05, 4.69) is 26.5 Å². The monoisotopic (exact) mass is 190 g/mol. The minimum Gasteiger partial charge on any atom is -0.103 e. The fourth-order valence-electron chi connectivity index (χ4n) is 5.25. The molecule has 2 bridgehead atoms. The molecule has 0 N–H and O–H groups in total. The van der Waals surface area contributed by atoms with Crippen LogP contribution in [-0.2, 0) is 0 Å². The maximum absolute atomic E-state index is 4.09. The lowest BCUT2D eigenvalue weighted by Gasteiger charge is -2.37. The van der Waals surface area contributed by atoms with Gasteiger partial charge in [0.1, 0.15) is 0 Å². The number of allylic oxidation sites excluding steroid dienone is 1. The van der Waals surface area contributed by atoms with Crippen LogP contribution in [0, 0.1) is 28.6 Å². The smallest absolute Gasteiger partial charge is 0.0113 e. The largest absolute Gasteiger partial charge is 0.103 e. The van der Waals surface area contributed by atoms with Gasteiger partial charge in [-0.25, -0.2) is 0 Å². The quantitative estimate of drug-likeness (QED) is 0.548. The molecular weight excluding hydrogens is 168 g/mol. The molecule has 3 aliphatic carbocycles. The summed E-state index contributed by atoms with van der Waals surface area (Å²) in [5.74, 6) is 2.99. The molecule has 1 spiro atoms. The van der Waals surface area contributed by atoms with Crippen LogP contribution >= 0.6 is 0 Å². The predicted octanol–water partition coefficient (Wildman–Crippen LogP) is 4.02. The summed E-state index contributed by atoms with van der Waals surface area (Å²) in [5.41, 5.74) is 1.21. The zero-order chi connectivity index (χ0) is 9.97. The van der Waals surface area contributed by atoms with E-state index in [1.807, 2.05) is 0 Å². The summed E-state index contributed by atoms with van der Waals surface area (Å²) in [7, 11) is 0. The zero-order valence-corrected chi connectivity index (χ0v) is 9.55. The molecule has 3 aliphatic rings. The van der Waals surface area contributed by atoms with Crippen LogP contribution in [0.2, 0.25) is 0 Å².